The van der Waals surface area contributed by atoms with E-state index >= 15 is 0 Å². The molecule has 0 radical (unpaired) electrons. The van der Waals surface area contributed by atoms with Crippen LogP contribution < -0.4 is 10.1 Å². The van der Waals surface area contributed by atoms with E-state index in [0.717, 1.165) is 5.75 Å². The number of hydrogen-bond donors (Lipinski definition) is 1. The Balaban J connectivity index is 1.53. The normalized spacial score (nSPS) is 13.3. The molecule has 4 aromatic carbocycles. The molecule has 0 saturated carbocycles. The first-order chi connectivity index (χ1) is 16.0. The maximum atomic E-state index is 5.41. The maximum Gasteiger partial charge on any atom is 0.119 e. The van der Waals surface area contributed by atoms with Gasteiger partial charge >= 0.3 is 0 Å². The van der Waals surface area contributed by atoms with Crippen molar-refractivity contribution in [3.8, 4) is 16.9 Å². The molecule has 0 aliphatic heterocycles. The first-order valence-corrected chi connectivity index (χ1v) is 11.5. The van der Waals surface area contributed by atoms with Gasteiger partial charge in [0.1, 0.15) is 5.75 Å². The number of ether oxygens (including phenoxy) is 1. The van der Waals surface area contributed by atoms with E-state index in [1.54, 1.807) is 7.11 Å². The van der Waals surface area contributed by atoms with Gasteiger partial charge in [0, 0.05) is 36.2 Å². The molecular formula is C30H30N2O. The zero-order valence-electron chi connectivity index (χ0n) is 19.7. The van der Waals surface area contributed by atoms with Crippen LogP contribution in [0.5, 0.6) is 5.75 Å². The molecule has 0 saturated heterocycles. The lowest BCUT2D eigenvalue weighted by molar-refractivity contribution is 0.412. The van der Waals surface area contributed by atoms with Gasteiger partial charge in [-0.2, -0.15) is 0 Å². The van der Waals surface area contributed by atoms with Crippen LogP contribution in [0.2, 0.25) is 0 Å². The van der Waals surface area contributed by atoms with Crippen LogP contribution >= 0.6 is 0 Å². The van der Waals surface area contributed by atoms with E-state index in [1.807, 2.05) is 12.1 Å². The monoisotopic (exact) mass is 434 g/mol. The summed E-state index contributed by atoms with van der Waals surface area (Å²) in [4.78, 5) is 0. The van der Waals surface area contributed by atoms with E-state index in [2.05, 4.69) is 110 Å². The van der Waals surface area contributed by atoms with Gasteiger partial charge in [0.15, 0.2) is 0 Å². The lowest BCUT2D eigenvalue weighted by atomic mass is 9.92. The van der Waals surface area contributed by atoms with E-state index in [1.165, 1.54) is 43.9 Å². The molecule has 5 rings (SSSR count). The quantitative estimate of drug-likeness (QED) is 0.301. The van der Waals surface area contributed by atoms with Gasteiger partial charge in [-0.1, -0.05) is 42.5 Å². The second kappa shape index (κ2) is 8.76. The van der Waals surface area contributed by atoms with E-state index < -0.39 is 0 Å². The number of nitrogens with one attached hydrogen (secondary N) is 1. The number of nitrogens with zero attached hydrogens (tertiary/aromatic N) is 1. The van der Waals surface area contributed by atoms with Gasteiger partial charge in [-0.15, -0.1) is 0 Å². The molecule has 166 valence electrons. The van der Waals surface area contributed by atoms with Gasteiger partial charge in [0.2, 0.25) is 0 Å². The summed E-state index contributed by atoms with van der Waals surface area (Å²) < 4.78 is 7.58. The van der Waals surface area contributed by atoms with Crippen molar-refractivity contribution in [3.63, 3.8) is 0 Å². The molecular weight excluding hydrogens is 404 g/mol. The summed E-state index contributed by atoms with van der Waals surface area (Å²) in [6.07, 6.45) is 2.12. The minimum Gasteiger partial charge on any atom is -0.497 e. The van der Waals surface area contributed by atoms with Gasteiger partial charge < -0.3 is 14.6 Å². The summed E-state index contributed by atoms with van der Waals surface area (Å²) in [6, 6.07) is 31.0. The van der Waals surface area contributed by atoms with Crippen molar-refractivity contribution in [2.24, 2.45) is 7.05 Å². The molecule has 1 aromatic heterocycles. The molecule has 0 aliphatic rings. The van der Waals surface area contributed by atoms with Gasteiger partial charge in [0.25, 0.3) is 0 Å². The third kappa shape index (κ3) is 4.12. The van der Waals surface area contributed by atoms with Crippen molar-refractivity contribution in [2.75, 3.05) is 7.11 Å². The molecule has 0 aliphatic carbocycles. The lowest BCUT2D eigenvalue weighted by Crippen LogP contribution is -2.22. The standard InChI is InChI=1S/C30H30N2O/c1-20(22-9-7-10-27(18-22)33-4)31-21(2)26-17-23-8-5-6-11-28(23)29(19-26)24-12-13-30-25(16-24)14-15-32(30)3/h5-21,31H,1-4H3/t20-,21?/m1/s1. The Morgan fingerprint density at radius 1 is 0.758 bits per heavy atom. The largest absolute Gasteiger partial charge is 0.497 e. The molecule has 3 heteroatoms. The predicted octanol–water partition coefficient (Wildman–Crippen LogP) is 7.42. The Morgan fingerprint density at radius 2 is 1.58 bits per heavy atom. The molecule has 33 heavy (non-hydrogen) atoms. The van der Waals surface area contributed by atoms with Crippen molar-refractivity contribution in [1.29, 1.82) is 0 Å². The average Bonchev–Trinajstić information content (AvgIpc) is 3.23. The van der Waals surface area contributed by atoms with Crippen LogP contribution in [0, 0.1) is 0 Å². The van der Waals surface area contributed by atoms with E-state index in [-0.39, 0.29) is 12.1 Å². The molecule has 2 atom stereocenters. The second-order valence-corrected chi connectivity index (χ2v) is 8.88. The summed E-state index contributed by atoms with van der Waals surface area (Å²) in [7, 11) is 3.80. The fourth-order valence-corrected chi connectivity index (χ4v) is 4.75. The van der Waals surface area contributed by atoms with Crippen molar-refractivity contribution >= 4 is 21.7 Å². The molecule has 1 unspecified atom stereocenters. The van der Waals surface area contributed by atoms with Gasteiger partial charge in [-0.05, 0) is 89.3 Å². The summed E-state index contributed by atoms with van der Waals surface area (Å²) in [5.74, 6) is 0.887. The third-order valence-electron chi connectivity index (χ3n) is 6.67. The van der Waals surface area contributed by atoms with Crippen LogP contribution in [0.15, 0.2) is 91.1 Å². The molecule has 0 spiro atoms. The molecule has 1 N–H and O–H groups in total. The molecule has 5 aromatic rings. The van der Waals surface area contributed by atoms with Crippen molar-refractivity contribution < 1.29 is 4.74 Å². The van der Waals surface area contributed by atoms with Crippen LogP contribution in [-0.4, -0.2) is 11.7 Å². The van der Waals surface area contributed by atoms with E-state index in [0.29, 0.717) is 0 Å². The lowest BCUT2D eigenvalue weighted by Gasteiger charge is -2.22. The van der Waals surface area contributed by atoms with Crippen molar-refractivity contribution in [1.82, 2.24) is 9.88 Å². The zero-order chi connectivity index (χ0) is 22.9. The average molecular weight is 435 g/mol. The molecule has 3 nitrogen and oxygen atoms in total. The Bertz CT molecular complexity index is 1430. The van der Waals surface area contributed by atoms with Crippen LogP contribution in [0.25, 0.3) is 32.8 Å². The fraction of sp³-hybridized carbons (Fsp3) is 0.200. The SMILES string of the molecule is COc1cccc([C@@H](C)NC(C)c2cc(-c3ccc4c(ccn4C)c3)c3ccccc3c2)c1. The fourth-order valence-electron chi connectivity index (χ4n) is 4.75. The summed E-state index contributed by atoms with van der Waals surface area (Å²) in [5.41, 5.74) is 6.28. The van der Waals surface area contributed by atoms with Gasteiger partial charge in [-0.3, -0.25) is 0 Å². The smallest absolute Gasteiger partial charge is 0.119 e. The molecule has 1 heterocycles. The molecule has 0 amide bonds. The Labute approximate surface area is 195 Å². The minimum absolute atomic E-state index is 0.190. The minimum atomic E-state index is 0.190. The van der Waals surface area contributed by atoms with Crippen LogP contribution in [-0.2, 0) is 7.05 Å². The topological polar surface area (TPSA) is 26.2 Å². The number of aryl methyl sites for hydroxylation is 1. The summed E-state index contributed by atoms with van der Waals surface area (Å²) >= 11 is 0. The highest BCUT2D eigenvalue weighted by Crippen LogP contribution is 2.34. The van der Waals surface area contributed by atoms with Gasteiger partial charge in [0.05, 0.1) is 7.11 Å². The number of hydrogen-bond acceptors (Lipinski definition) is 2. The first-order valence-electron chi connectivity index (χ1n) is 11.5. The predicted molar refractivity (Wildman–Crippen MR) is 139 cm³/mol. The first kappa shape index (κ1) is 21.3. The van der Waals surface area contributed by atoms with Crippen LogP contribution in [0.3, 0.4) is 0 Å². The highest BCUT2D eigenvalue weighted by molar-refractivity contribution is 5.99. The van der Waals surface area contributed by atoms with Crippen molar-refractivity contribution in [2.45, 2.75) is 25.9 Å². The number of rotatable bonds is 6. The number of benzene rings is 4. The summed E-state index contributed by atoms with van der Waals surface area (Å²) in [6.45, 7) is 4.45. The Kier molecular flexibility index (Phi) is 5.65. The second-order valence-electron chi connectivity index (χ2n) is 8.88. The van der Waals surface area contributed by atoms with Crippen LogP contribution in [0.4, 0.5) is 0 Å². The van der Waals surface area contributed by atoms with Crippen LogP contribution in [0.1, 0.15) is 37.1 Å². The number of aromatic nitrogens is 1. The third-order valence-corrected chi connectivity index (χ3v) is 6.67. The summed E-state index contributed by atoms with van der Waals surface area (Å²) in [5, 5.41) is 7.59. The van der Waals surface area contributed by atoms with E-state index in [9.17, 15) is 0 Å². The highest BCUT2D eigenvalue weighted by Gasteiger charge is 2.15. The van der Waals surface area contributed by atoms with Crippen molar-refractivity contribution in [3.05, 3.63) is 102 Å². The molecule has 0 fully saturated rings. The maximum absolute atomic E-state index is 5.41. The highest BCUT2D eigenvalue weighted by atomic mass is 16.5. The Morgan fingerprint density at radius 3 is 2.42 bits per heavy atom. The number of fused-ring (bicyclic) bond motifs is 2. The zero-order valence-corrected chi connectivity index (χ0v) is 19.7. The van der Waals surface area contributed by atoms with Gasteiger partial charge in [-0.25, -0.2) is 0 Å². The van der Waals surface area contributed by atoms with E-state index in [4.69, 9.17) is 4.74 Å². The molecule has 0 bridgehead atoms. The number of methoxy groups -OCH3 is 1. The Hall–Kier alpha value is -3.56.